The summed E-state index contributed by atoms with van der Waals surface area (Å²) in [4.78, 5) is 11.2. The predicted octanol–water partition coefficient (Wildman–Crippen LogP) is 3.09. The van der Waals surface area contributed by atoms with Crippen LogP contribution >= 0.6 is 11.6 Å². The fourth-order valence-corrected chi connectivity index (χ4v) is 5.27. The molecule has 0 radical (unpaired) electrons. The molecular formula is C22H33ClN4O. The van der Waals surface area contributed by atoms with Crippen molar-refractivity contribution < 1.29 is 5.11 Å². The number of hydrogen-bond acceptors (Lipinski definition) is 4. The summed E-state index contributed by atoms with van der Waals surface area (Å²) in [5.41, 5.74) is 3.61. The number of aliphatic hydroxyl groups is 1. The van der Waals surface area contributed by atoms with Gasteiger partial charge in [0.05, 0.1) is 10.5 Å². The molecule has 2 saturated heterocycles. The lowest BCUT2D eigenvalue weighted by Gasteiger charge is -2.47. The monoisotopic (exact) mass is 404 g/mol. The largest absolute Gasteiger partial charge is 0.396 e. The molecule has 1 aromatic heterocycles. The van der Waals surface area contributed by atoms with Crippen LogP contribution in [0, 0.1) is 6.92 Å². The van der Waals surface area contributed by atoms with E-state index in [-0.39, 0.29) is 6.61 Å². The van der Waals surface area contributed by atoms with E-state index < -0.39 is 0 Å². The number of likely N-dealkylation sites (tertiary alicyclic amines) is 1. The summed E-state index contributed by atoms with van der Waals surface area (Å²) in [6.07, 6.45) is 3.36. The normalized spacial score (nSPS) is 23.6. The number of aromatic nitrogens is 1. The lowest BCUT2D eigenvalue weighted by atomic mass is 9.98. The number of hydrogen-bond donors (Lipinski definition) is 2. The average Bonchev–Trinajstić information content (AvgIpc) is 3.01. The molecule has 1 unspecified atom stereocenters. The van der Waals surface area contributed by atoms with Crippen LogP contribution < -0.4 is 0 Å². The summed E-state index contributed by atoms with van der Waals surface area (Å²) in [6, 6.07) is 7.22. The Labute approximate surface area is 173 Å². The minimum atomic E-state index is 0.267. The minimum Gasteiger partial charge on any atom is -0.396 e. The molecule has 2 aliphatic rings. The molecule has 1 atom stereocenters. The van der Waals surface area contributed by atoms with Crippen molar-refractivity contribution in [2.24, 2.45) is 0 Å². The topological polar surface area (TPSA) is 45.7 Å². The Morgan fingerprint density at radius 3 is 2.68 bits per heavy atom. The van der Waals surface area contributed by atoms with E-state index in [4.69, 9.17) is 11.6 Å². The molecule has 0 saturated carbocycles. The van der Waals surface area contributed by atoms with Gasteiger partial charge in [0.2, 0.25) is 0 Å². The van der Waals surface area contributed by atoms with Crippen LogP contribution in [0.3, 0.4) is 0 Å². The van der Waals surface area contributed by atoms with Crippen molar-refractivity contribution in [1.82, 2.24) is 19.7 Å². The van der Waals surface area contributed by atoms with E-state index in [1.54, 1.807) is 0 Å². The van der Waals surface area contributed by atoms with Gasteiger partial charge in [-0.2, -0.15) is 0 Å². The number of benzene rings is 1. The number of fused-ring (bicyclic) bond motifs is 1. The Morgan fingerprint density at radius 1 is 1.18 bits per heavy atom. The average molecular weight is 405 g/mol. The fraction of sp³-hybridized carbons (Fsp3) is 0.636. The summed E-state index contributed by atoms with van der Waals surface area (Å²) in [7, 11) is 2.22. The molecule has 28 heavy (non-hydrogen) atoms. The number of nitrogens with one attached hydrogen (secondary N) is 1. The lowest BCUT2D eigenvalue weighted by molar-refractivity contribution is 0.00566. The van der Waals surface area contributed by atoms with Gasteiger partial charge in [-0.1, -0.05) is 23.7 Å². The maximum absolute atomic E-state index is 9.65. The van der Waals surface area contributed by atoms with Crippen LogP contribution in [0.25, 0.3) is 10.9 Å². The minimum absolute atomic E-state index is 0.267. The van der Waals surface area contributed by atoms with Gasteiger partial charge in [0.15, 0.2) is 0 Å². The summed E-state index contributed by atoms with van der Waals surface area (Å²) >= 11 is 6.38. The third-order valence-electron chi connectivity index (χ3n) is 6.76. The van der Waals surface area contributed by atoms with Crippen LogP contribution in [0.15, 0.2) is 18.2 Å². The molecule has 1 aromatic carbocycles. The number of rotatable bonds is 5. The maximum atomic E-state index is 9.65. The highest BCUT2D eigenvalue weighted by atomic mass is 35.5. The van der Waals surface area contributed by atoms with Crippen molar-refractivity contribution in [3.63, 3.8) is 0 Å². The summed E-state index contributed by atoms with van der Waals surface area (Å²) in [5, 5.41) is 11.7. The second-order valence-electron chi connectivity index (χ2n) is 8.56. The standard InChI is InChI=1S/C22H33ClN4O/c1-16-19-4-3-5-20(23)22(19)24-21(16)15-26-11-12-27(18(14-26)8-13-28)17-6-9-25(2)10-7-17/h3-5,17-18,24,28H,6-15H2,1-2H3. The van der Waals surface area contributed by atoms with Gasteiger partial charge in [-0.15, -0.1) is 0 Å². The SMILES string of the molecule is Cc1c(CN2CCN(C3CCN(C)CC3)C(CCO)C2)[nH]c2c(Cl)cccc12. The van der Waals surface area contributed by atoms with E-state index >= 15 is 0 Å². The first-order chi connectivity index (χ1) is 13.6. The van der Waals surface area contributed by atoms with E-state index in [0.29, 0.717) is 12.1 Å². The molecule has 5 nitrogen and oxygen atoms in total. The van der Waals surface area contributed by atoms with E-state index in [0.717, 1.165) is 43.1 Å². The maximum Gasteiger partial charge on any atom is 0.0648 e. The zero-order chi connectivity index (χ0) is 19.7. The van der Waals surface area contributed by atoms with Crippen molar-refractivity contribution in [3.8, 4) is 0 Å². The van der Waals surface area contributed by atoms with Gasteiger partial charge >= 0.3 is 0 Å². The van der Waals surface area contributed by atoms with E-state index in [1.807, 2.05) is 12.1 Å². The van der Waals surface area contributed by atoms with Gasteiger partial charge in [0, 0.05) is 55.9 Å². The zero-order valence-electron chi connectivity index (χ0n) is 17.1. The molecule has 0 aliphatic carbocycles. The summed E-state index contributed by atoms with van der Waals surface area (Å²) < 4.78 is 0. The van der Waals surface area contributed by atoms with Crippen LogP contribution in [0.2, 0.25) is 5.02 Å². The third-order valence-corrected chi connectivity index (χ3v) is 7.07. The van der Waals surface area contributed by atoms with Crippen LogP contribution in [-0.4, -0.2) is 83.3 Å². The molecule has 0 spiro atoms. The van der Waals surface area contributed by atoms with E-state index in [2.05, 4.69) is 39.7 Å². The van der Waals surface area contributed by atoms with Crippen molar-refractivity contribution in [3.05, 3.63) is 34.5 Å². The molecule has 3 heterocycles. The highest BCUT2D eigenvalue weighted by Crippen LogP contribution is 2.29. The molecule has 2 N–H and O–H groups in total. The number of piperidine rings is 1. The molecular weight excluding hydrogens is 372 g/mol. The first-order valence-electron chi connectivity index (χ1n) is 10.6. The van der Waals surface area contributed by atoms with Crippen molar-refractivity contribution >= 4 is 22.5 Å². The Kier molecular flexibility index (Phi) is 6.28. The molecule has 2 aliphatic heterocycles. The Balaban J connectivity index is 1.46. The third kappa shape index (κ3) is 4.10. The van der Waals surface area contributed by atoms with Gasteiger partial charge in [-0.05, 0) is 58.0 Å². The van der Waals surface area contributed by atoms with E-state index in [9.17, 15) is 5.11 Å². The number of aromatic amines is 1. The lowest BCUT2D eigenvalue weighted by Crippen LogP contribution is -2.58. The number of halogens is 1. The number of aliphatic hydroxyl groups excluding tert-OH is 1. The summed E-state index contributed by atoms with van der Waals surface area (Å²) in [5.74, 6) is 0. The predicted molar refractivity (Wildman–Crippen MR) is 116 cm³/mol. The highest BCUT2D eigenvalue weighted by Gasteiger charge is 2.33. The smallest absolute Gasteiger partial charge is 0.0648 e. The van der Waals surface area contributed by atoms with Crippen LogP contribution in [0.1, 0.15) is 30.5 Å². The van der Waals surface area contributed by atoms with Crippen LogP contribution in [-0.2, 0) is 6.54 Å². The summed E-state index contributed by atoms with van der Waals surface area (Å²) in [6.45, 7) is 8.94. The molecule has 0 amide bonds. The second kappa shape index (κ2) is 8.72. The van der Waals surface area contributed by atoms with E-state index in [1.165, 1.54) is 42.6 Å². The Hall–Kier alpha value is -1.11. The molecule has 2 aromatic rings. The number of H-pyrrole nitrogens is 1. The number of piperazine rings is 1. The second-order valence-corrected chi connectivity index (χ2v) is 8.97. The molecule has 4 rings (SSSR count). The highest BCUT2D eigenvalue weighted by molar-refractivity contribution is 6.35. The molecule has 154 valence electrons. The van der Waals surface area contributed by atoms with Gasteiger partial charge in [0.25, 0.3) is 0 Å². The quantitative estimate of drug-likeness (QED) is 0.803. The van der Waals surface area contributed by atoms with Gasteiger partial charge in [-0.25, -0.2) is 0 Å². The van der Waals surface area contributed by atoms with Crippen molar-refractivity contribution in [1.29, 1.82) is 0 Å². The number of nitrogens with zero attached hydrogens (tertiary/aromatic N) is 3. The number of para-hydroxylation sites is 1. The Morgan fingerprint density at radius 2 is 1.96 bits per heavy atom. The fourth-order valence-electron chi connectivity index (χ4n) is 5.04. The molecule has 2 fully saturated rings. The van der Waals surface area contributed by atoms with Crippen LogP contribution in [0.4, 0.5) is 0 Å². The van der Waals surface area contributed by atoms with Gasteiger partial charge < -0.3 is 15.0 Å². The van der Waals surface area contributed by atoms with Gasteiger partial charge in [-0.3, -0.25) is 9.80 Å². The molecule has 6 heteroatoms. The van der Waals surface area contributed by atoms with Crippen molar-refractivity contribution in [2.75, 3.05) is 46.4 Å². The van der Waals surface area contributed by atoms with Gasteiger partial charge in [0.1, 0.15) is 0 Å². The van der Waals surface area contributed by atoms with Crippen molar-refractivity contribution in [2.45, 2.75) is 44.8 Å². The first kappa shape index (κ1) is 20.2. The van der Waals surface area contributed by atoms with Crippen LogP contribution in [0.5, 0.6) is 0 Å². The zero-order valence-corrected chi connectivity index (χ0v) is 17.9. The Bertz CT molecular complexity index is 799. The molecule has 0 bridgehead atoms. The first-order valence-corrected chi connectivity index (χ1v) is 11.0. The number of aryl methyl sites for hydroxylation is 1.